The molecule has 0 aliphatic carbocycles. The largest absolute Gasteiger partial charge is 0.478 e. The maximum absolute atomic E-state index is 12.4. The molecule has 1 aromatic carbocycles. The molecule has 0 saturated carbocycles. The smallest absolute Gasteiger partial charge is 0.335 e. The second-order valence-corrected chi connectivity index (χ2v) is 6.40. The van der Waals surface area contributed by atoms with Crippen LogP contribution in [0.2, 0.25) is 0 Å². The van der Waals surface area contributed by atoms with Crippen molar-refractivity contribution in [3.05, 3.63) is 29.3 Å². The molecule has 5 heteroatoms. The Morgan fingerprint density at radius 2 is 2.05 bits per heavy atom. The van der Waals surface area contributed by atoms with Crippen molar-refractivity contribution in [1.82, 2.24) is 5.32 Å². The van der Waals surface area contributed by atoms with Crippen molar-refractivity contribution in [3.63, 3.8) is 0 Å². The van der Waals surface area contributed by atoms with Gasteiger partial charge in [0.2, 0.25) is 5.91 Å². The molecule has 0 saturated heterocycles. The first-order valence-corrected chi connectivity index (χ1v) is 7.19. The van der Waals surface area contributed by atoms with Gasteiger partial charge in [-0.25, -0.2) is 4.79 Å². The fourth-order valence-corrected chi connectivity index (χ4v) is 2.43. The molecule has 0 bridgehead atoms. The molecule has 0 aromatic heterocycles. The van der Waals surface area contributed by atoms with Gasteiger partial charge in [0, 0.05) is 17.8 Å². The number of amides is 1. The summed E-state index contributed by atoms with van der Waals surface area (Å²) in [6, 6.07) is 4.98. The molecule has 1 amide bonds. The number of aromatic carboxylic acids is 1. The number of rotatable bonds is 3. The third kappa shape index (κ3) is 3.82. The van der Waals surface area contributed by atoms with Gasteiger partial charge < -0.3 is 15.3 Å². The Hall–Kier alpha value is -1.88. The van der Waals surface area contributed by atoms with Crippen LogP contribution in [-0.4, -0.2) is 35.6 Å². The van der Waals surface area contributed by atoms with E-state index in [0.717, 1.165) is 24.1 Å². The Bertz CT molecular complexity index is 561. The van der Waals surface area contributed by atoms with Crippen LogP contribution in [0.15, 0.2) is 18.2 Å². The number of aryl methyl sites for hydroxylation is 1. The molecule has 5 nitrogen and oxygen atoms in total. The van der Waals surface area contributed by atoms with Crippen LogP contribution >= 0.6 is 0 Å². The van der Waals surface area contributed by atoms with Crippen molar-refractivity contribution in [1.29, 1.82) is 0 Å². The highest BCUT2D eigenvalue weighted by atomic mass is 16.4. The van der Waals surface area contributed by atoms with Crippen molar-refractivity contribution in [2.75, 3.05) is 18.0 Å². The van der Waals surface area contributed by atoms with E-state index in [9.17, 15) is 9.59 Å². The summed E-state index contributed by atoms with van der Waals surface area (Å²) >= 11 is 0. The average molecular weight is 290 g/mol. The number of hydrogen-bond donors (Lipinski definition) is 2. The summed E-state index contributed by atoms with van der Waals surface area (Å²) in [5.41, 5.74) is 1.94. The number of carbonyl (C=O) groups excluding carboxylic acids is 1. The van der Waals surface area contributed by atoms with Gasteiger partial charge >= 0.3 is 5.97 Å². The zero-order valence-corrected chi connectivity index (χ0v) is 12.8. The maximum Gasteiger partial charge on any atom is 0.335 e. The lowest BCUT2D eigenvalue weighted by molar-refractivity contribution is -0.118. The van der Waals surface area contributed by atoms with E-state index in [4.69, 9.17) is 5.11 Å². The van der Waals surface area contributed by atoms with Crippen LogP contribution in [0.25, 0.3) is 0 Å². The monoisotopic (exact) mass is 290 g/mol. The number of nitrogens with one attached hydrogen (secondary N) is 1. The minimum atomic E-state index is -0.935. The standard InChI is InChI=1S/C16H22N2O3/c1-16(2,3)17-10-14(19)18-8-4-5-11-9-12(15(20)21)6-7-13(11)18/h6-7,9,17H,4-5,8,10H2,1-3H3,(H,20,21). The van der Waals surface area contributed by atoms with Gasteiger partial charge in [0.15, 0.2) is 0 Å². The van der Waals surface area contributed by atoms with Crippen LogP contribution in [0.4, 0.5) is 5.69 Å². The van der Waals surface area contributed by atoms with Crippen molar-refractivity contribution >= 4 is 17.6 Å². The van der Waals surface area contributed by atoms with E-state index >= 15 is 0 Å². The molecule has 0 fully saturated rings. The Labute approximate surface area is 125 Å². The SMILES string of the molecule is CC(C)(C)NCC(=O)N1CCCc2cc(C(=O)O)ccc21. The quantitative estimate of drug-likeness (QED) is 0.894. The van der Waals surface area contributed by atoms with Crippen LogP contribution in [0.1, 0.15) is 43.1 Å². The summed E-state index contributed by atoms with van der Waals surface area (Å²) in [4.78, 5) is 25.2. The van der Waals surface area contributed by atoms with Gasteiger partial charge in [0.05, 0.1) is 12.1 Å². The third-order valence-electron chi connectivity index (χ3n) is 3.52. The summed E-state index contributed by atoms with van der Waals surface area (Å²) in [7, 11) is 0. The molecule has 21 heavy (non-hydrogen) atoms. The maximum atomic E-state index is 12.4. The van der Waals surface area contributed by atoms with Crippen molar-refractivity contribution in [2.24, 2.45) is 0 Å². The van der Waals surface area contributed by atoms with Crippen LogP contribution in [0, 0.1) is 0 Å². The molecule has 2 rings (SSSR count). The van der Waals surface area contributed by atoms with Crippen molar-refractivity contribution in [2.45, 2.75) is 39.2 Å². The number of carboxylic acids is 1. The lowest BCUT2D eigenvalue weighted by Crippen LogP contribution is -2.46. The molecule has 2 N–H and O–H groups in total. The Kier molecular flexibility index (Phi) is 4.32. The molecule has 114 valence electrons. The number of fused-ring (bicyclic) bond motifs is 1. The number of carbonyl (C=O) groups is 2. The molecular weight excluding hydrogens is 268 g/mol. The minimum Gasteiger partial charge on any atom is -0.478 e. The first-order chi connectivity index (χ1) is 9.78. The van der Waals surface area contributed by atoms with E-state index in [2.05, 4.69) is 5.32 Å². The second-order valence-electron chi connectivity index (χ2n) is 6.40. The van der Waals surface area contributed by atoms with Gasteiger partial charge in [-0.05, 0) is 57.4 Å². The molecule has 0 spiro atoms. The van der Waals surface area contributed by atoms with E-state index in [1.54, 1.807) is 23.1 Å². The van der Waals surface area contributed by atoms with Gasteiger partial charge in [-0.15, -0.1) is 0 Å². The predicted octanol–water partition coefficient (Wildman–Crippen LogP) is 2.05. The highest BCUT2D eigenvalue weighted by Gasteiger charge is 2.24. The number of hydrogen-bond acceptors (Lipinski definition) is 3. The van der Waals surface area contributed by atoms with E-state index in [0.29, 0.717) is 6.54 Å². The summed E-state index contributed by atoms with van der Waals surface area (Å²) in [6.07, 6.45) is 1.67. The molecule has 1 aromatic rings. The lowest BCUT2D eigenvalue weighted by Gasteiger charge is -2.31. The predicted molar refractivity (Wildman–Crippen MR) is 81.8 cm³/mol. The van der Waals surface area contributed by atoms with E-state index in [1.165, 1.54) is 0 Å². The van der Waals surface area contributed by atoms with Crippen LogP contribution < -0.4 is 10.2 Å². The summed E-state index contributed by atoms with van der Waals surface area (Å²) < 4.78 is 0. The normalized spacial score (nSPS) is 14.7. The fraction of sp³-hybridized carbons (Fsp3) is 0.500. The molecule has 0 atom stereocenters. The Morgan fingerprint density at radius 1 is 1.33 bits per heavy atom. The molecule has 1 aliphatic heterocycles. The van der Waals surface area contributed by atoms with Gasteiger partial charge in [0.25, 0.3) is 0 Å². The van der Waals surface area contributed by atoms with E-state index in [-0.39, 0.29) is 23.6 Å². The molecule has 1 aliphatic rings. The van der Waals surface area contributed by atoms with Gasteiger partial charge in [0.1, 0.15) is 0 Å². The number of benzene rings is 1. The minimum absolute atomic E-state index is 0.0222. The summed E-state index contributed by atoms with van der Waals surface area (Å²) in [5.74, 6) is -0.912. The zero-order chi connectivity index (χ0) is 15.6. The van der Waals surface area contributed by atoms with Gasteiger partial charge in [-0.1, -0.05) is 0 Å². The van der Waals surface area contributed by atoms with Gasteiger partial charge in [-0.3, -0.25) is 4.79 Å². The van der Waals surface area contributed by atoms with Crippen LogP contribution in [0.5, 0.6) is 0 Å². The third-order valence-corrected chi connectivity index (χ3v) is 3.52. The first-order valence-electron chi connectivity index (χ1n) is 7.19. The summed E-state index contributed by atoms with van der Waals surface area (Å²) in [5, 5.41) is 12.2. The van der Waals surface area contributed by atoms with E-state index < -0.39 is 5.97 Å². The highest BCUT2D eigenvalue weighted by Crippen LogP contribution is 2.28. The highest BCUT2D eigenvalue weighted by molar-refractivity contribution is 5.97. The fourth-order valence-electron chi connectivity index (χ4n) is 2.43. The van der Waals surface area contributed by atoms with Crippen molar-refractivity contribution < 1.29 is 14.7 Å². The Morgan fingerprint density at radius 3 is 2.67 bits per heavy atom. The molecular formula is C16H22N2O3. The van der Waals surface area contributed by atoms with Crippen molar-refractivity contribution in [3.8, 4) is 0 Å². The molecule has 1 heterocycles. The lowest BCUT2D eigenvalue weighted by atomic mass is 9.99. The van der Waals surface area contributed by atoms with E-state index in [1.807, 2.05) is 20.8 Å². The first kappa shape index (κ1) is 15.5. The Balaban J connectivity index is 2.18. The number of anilines is 1. The average Bonchev–Trinajstić information content (AvgIpc) is 2.42. The summed E-state index contributed by atoms with van der Waals surface area (Å²) in [6.45, 7) is 7.02. The second kappa shape index (κ2) is 5.85. The van der Waals surface area contributed by atoms with Crippen LogP contribution in [0.3, 0.4) is 0 Å². The number of nitrogens with zero attached hydrogens (tertiary/aromatic N) is 1. The molecule has 0 radical (unpaired) electrons. The van der Waals surface area contributed by atoms with Gasteiger partial charge in [-0.2, -0.15) is 0 Å². The topological polar surface area (TPSA) is 69.6 Å². The zero-order valence-electron chi connectivity index (χ0n) is 12.8. The number of carboxylic acid groups (broad SMARTS) is 1. The molecule has 0 unspecified atom stereocenters. The van der Waals surface area contributed by atoms with Crippen LogP contribution in [-0.2, 0) is 11.2 Å².